The van der Waals surface area contributed by atoms with Crippen molar-refractivity contribution in [3.05, 3.63) is 48.5 Å². The highest BCUT2D eigenvalue weighted by atomic mass is 32.2. The predicted molar refractivity (Wildman–Crippen MR) is 75.7 cm³/mol. The van der Waals surface area contributed by atoms with Gasteiger partial charge in [-0.25, -0.2) is 8.42 Å². The fourth-order valence-electron chi connectivity index (χ4n) is 1.65. The molecule has 0 aliphatic rings. The Morgan fingerprint density at radius 3 is 1.29 bits per heavy atom. The maximum atomic E-state index is 12.4. The summed E-state index contributed by atoms with van der Waals surface area (Å²) in [6.07, 6.45) is 0. The van der Waals surface area contributed by atoms with Crippen molar-refractivity contribution < 1.29 is 8.42 Å². The second-order valence-electron chi connectivity index (χ2n) is 3.92. The molecule has 0 bridgehead atoms. The molecule has 0 heterocycles. The quantitative estimate of drug-likeness (QED) is 0.509. The molecule has 9 heteroatoms. The molecule has 0 radical (unpaired) electrons. The van der Waals surface area contributed by atoms with Gasteiger partial charge in [0.25, 0.3) is 0 Å². The molecule has 4 N–H and O–H groups in total. The lowest BCUT2D eigenvalue weighted by molar-refractivity contribution is 0.596. The second kappa shape index (κ2) is 6.09. The Hall–Kier alpha value is -2.81. The van der Waals surface area contributed by atoms with Crippen LogP contribution in [0.2, 0.25) is 0 Å². The molecule has 0 unspecified atom stereocenters. The van der Waals surface area contributed by atoms with Crippen LogP contribution in [0.5, 0.6) is 0 Å². The molecule has 21 heavy (non-hydrogen) atoms. The lowest BCUT2D eigenvalue weighted by Gasteiger charge is -2.05. The van der Waals surface area contributed by atoms with Gasteiger partial charge in [0.05, 0.1) is 21.2 Å². The number of hydrogen-bond acceptors (Lipinski definition) is 6. The lowest BCUT2D eigenvalue weighted by Crippen LogP contribution is -2.01. The van der Waals surface area contributed by atoms with Gasteiger partial charge in [0, 0.05) is 0 Å². The Kier molecular flexibility index (Phi) is 4.24. The summed E-state index contributed by atoms with van der Waals surface area (Å²) in [5.74, 6) is 9.86. The first-order valence-electron chi connectivity index (χ1n) is 5.75. The molecule has 0 saturated carbocycles. The van der Waals surface area contributed by atoms with Crippen LogP contribution >= 0.6 is 0 Å². The zero-order valence-corrected chi connectivity index (χ0v) is 11.6. The van der Waals surface area contributed by atoms with Crippen LogP contribution in [0.3, 0.4) is 0 Å². The molecule has 2 aromatic carbocycles. The van der Waals surface area contributed by atoms with Crippen molar-refractivity contribution in [1.82, 2.24) is 0 Å². The van der Waals surface area contributed by atoms with E-state index in [1.165, 1.54) is 48.5 Å². The van der Waals surface area contributed by atoms with Crippen molar-refractivity contribution in [3.8, 4) is 0 Å². The minimum atomic E-state index is -3.61. The molecule has 108 valence electrons. The monoisotopic (exact) mass is 304 g/mol. The summed E-state index contributed by atoms with van der Waals surface area (Å²) >= 11 is 0. The van der Waals surface area contributed by atoms with Crippen molar-refractivity contribution in [2.75, 3.05) is 0 Å². The fraction of sp³-hybridized carbons (Fsp3) is 0. The van der Waals surface area contributed by atoms with E-state index in [9.17, 15) is 8.42 Å². The highest BCUT2D eigenvalue weighted by Crippen LogP contribution is 2.25. The molecule has 8 nitrogen and oxygen atoms in total. The standard InChI is InChI=1S/C12H12N6O2S/c13-17-15-9-1-5-11(6-2-9)21(19,20)12-7-3-10(4-8-12)16-18-14/h1-8H,(H2,13,15)(H2,14,16). The van der Waals surface area contributed by atoms with Gasteiger partial charge < -0.3 is 11.7 Å². The number of rotatable bonds is 4. The van der Waals surface area contributed by atoms with E-state index in [0.29, 0.717) is 11.4 Å². The van der Waals surface area contributed by atoms with E-state index in [2.05, 4.69) is 20.7 Å². The van der Waals surface area contributed by atoms with E-state index in [1.807, 2.05) is 0 Å². The van der Waals surface area contributed by atoms with Gasteiger partial charge in [-0.05, 0) is 48.5 Å². The minimum absolute atomic E-state index is 0.145. The summed E-state index contributed by atoms with van der Waals surface area (Å²) < 4.78 is 24.8. The summed E-state index contributed by atoms with van der Waals surface area (Å²) in [4.78, 5) is 0.290. The van der Waals surface area contributed by atoms with Crippen LogP contribution < -0.4 is 11.7 Å². The third kappa shape index (κ3) is 3.20. The van der Waals surface area contributed by atoms with Crippen LogP contribution in [0.1, 0.15) is 0 Å². The van der Waals surface area contributed by atoms with Gasteiger partial charge in [-0.2, -0.15) is 0 Å². The highest BCUT2D eigenvalue weighted by molar-refractivity contribution is 7.91. The van der Waals surface area contributed by atoms with E-state index >= 15 is 0 Å². The van der Waals surface area contributed by atoms with Gasteiger partial charge in [-0.15, -0.1) is 10.2 Å². The largest absolute Gasteiger partial charge is 0.305 e. The summed E-state index contributed by atoms with van der Waals surface area (Å²) in [7, 11) is -3.61. The van der Waals surface area contributed by atoms with Gasteiger partial charge in [-0.3, -0.25) is 0 Å². The first kappa shape index (κ1) is 14.6. The van der Waals surface area contributed by atoms with Crippen molar-refractivity contribution in [1.29, 1.82) is 0 Å². The number of nitrogens with two attached hydrogens (primary N) is 2. The average molecular weight is 304 g/mol. The van der Waals surface area contributed by atoms with Gasteiger partial charge in [0.2, 0.25) is 9.84 Å². The van der Waals surface area contributed by atoms with E-state index < -0.39 is 9.84 Å². The lowest BCUT2D eigenvalue weighted by atomic mass is 10.3. The summed E-state index contributed by atoms with van der Waals surface area (Å²) in [6, 6.07) is 11.8. The third-order valence-corrected chi connectivity index (χ3v) is 4.43. The van der Waals surface area contributed by atoms with Crippen molar-refractivity contribution in [3.63, 3.8) is 0 Å². The zero-order chi connectivity index (χ0) is 15.3. The summed E-state index contributed by atoms with van der Waals surface area (Å²) in [5, 5.41) is 13.5. The van der Waals surface area contributed by atoms with Crippen LogP contribution in [0.25, 0.3) is 0 Å². The van der Waals surface area contributed by atoms with Gasteiger partial charge >= 0.3 is 0 Å². The number of nitrogens with zero attached hydrogens (tertiary/aromatic N) is 4. The molecule has 2 rings (SSSR count). The van der Waals surface area contributed by atoms with E-state index in [-0.39, 0.29) is 9.79 Å². The van der Waals surface area contributed by atoms with Crippen molar-refractivity contribution >= 4 is 21.2 Å². The van der Waals surface area contributed by atoms with Gasteiger partial charge in [0.1, 0.15) is 0 Å². The van der Waals surface area contributed by atoms with Crippen molar-refractivity contribution in [2.45, 2.75) is 9.79 Å². The Morgan fingerprint density at radius 1 is 0.667 bits per heavy atom. The Bertz CT molecular complexity index is 705. The molecule has 0 aromatic heterocycles. The molecule has 0 aliphatic heterocycles. The summed E-state index contributed by atoms with van der Waals surface area (Å²) in [5.41, 5.74) is 0.935. The molecule has 0 saturated heterocycles. The van der Waals surface area contributed by atoms with Gasteiger partial charge in [0.15, 0.2) is 0 Å². The first-order valence-corrected chi connectivity index (χ1v) is 7.23. The summed E-state index contributed by atoms with van der Waals surface area (Å²) in [6.45, 7) is 0. The molecule has 2 aromatic rings. The van der Waals surface area contributed by atoms with Crippen LogP contribution in [-0.2, 0) is 9.84 Å². The molecular formula is C12H12N6O2S. The van der Waals surface area contributed by atoms with Crippen LogP contribution in [0, 0.1) is 0 Å². The van der Waals surface area contributed by atoms with Gasteiger partial charge in [-0.1, -0.05) is 10.4 Å². The second-order valence-corrected chi connectivity index (χ2v) is 5.87. The van der Waals surface area contributed by atoms with E-state index in [1.54, 1.807) is 0 Å². The van der Waals surface area contributed by atoms with Crippen LogP contribution in [0.4, 0.5) is 11.4 Å². The zero-order valence-electron chi connectivity index (χ0n) is 10.8. The topological polar surface area (TPSA) is 136 Å². The number of benzene rings is 2. The number of sulfone groups is 1. The minimum Gasteiger partial charge on any atom is -0.305 e. The van der Waals surface area contributed by atoms with Crippen LogP contribution in [-0.4, -0.2) is 8.42 Å². The highest BCUT2D eigenvalue weighted by Gasteiger charge is 2.17. The molecule has 0 aliphatic carbocycles. The Balaban J connectivity index is 2.36. The van der Waals surface area contributed by atoms with E-state index in [4.69, 9.17) is 11.7 Å². The smallest absolute Gasteiger partial charge is 0.206 e. The normalized spacial score (nSPS) is 12.2. The Labute approximate surface area is 121 Å². The number of hydrogen-bond donors (Lipinski definition) is 2. The fourth-order valence-corrected chi connectivity index (χ4v) is 2.91. The van der Waals surface area contributed by atoms with Crippen molar-refractivity contribution in [2.24, 2.45) is 32.4 Å². The third-order valence-electron chi connectivity index (χ3n) is 2.64. The molecule has 0 spiro atoms. The predicted octanol–water partition coefficient (Wildman–Crippen LogP) is 2.43. The first-order chi connectivity index (χ1) is 10.1. The Morgan fingerprint density at radius 2 is 1.00 bits per heavy atom. The molecule has 0 atom stereocenters. The molecule has 0 fully saturated rings. The maximum Gasteiger partial charge on any atom is 0.206 e. The van der Waals surface area contributed by atoms with E-state index in [0.717, 1.165) is 0 Å². The molecule has 0 amide bonds. The molecular weight excluding hydrogens is 292 g/mol. The van der Waals surface area contributed by atoms with Crippen LogP contribution in [0.15, 0.2) is 79.0 Å². The maximum absolute atomic E-state index is 12.4. The SMILES string of the molecule is NN=Nc1ccc(S(=O)(=O)c2ccc(N=NN)cc2)cc1. The average Bonchev–Trinajstić information content (AvgIpc) is 2.49.